The van der Waals surface area contributed by atoms with E-state index in [1.165, 1.54) is 0 Å². The van der Waals surface area contributed by atoms with Crippen molar-refractivity contribution < 1.29 is 14.2 Å². The second kappa shape index (κ2) is 7.57. The third-order valence-electron chi connectivity index (χ3n) is 3.53. The first-order valence-corrected chi connectivity index (χ1v) is 7.60. The summed E-state index contributed by atoms with van der Waals surface area (Å²) in [4.78, 5) is 0. The zero-order chi connectivity index (χ0) is 15.9. The van der Waals surface area contributed by atoms with Crippen LogP contribution in [0.4, 0.5) is 0 Å². The van der Waals surface area contributed by atoms with Gasteiger partial charge in [0.25, 0.3) is 0 Å². The van der Waals surface area contributed by atoms with Crippen molar-refractivity contribution in [3.05, 3.63) is 53.6 Å². The highest BCUT2D eigenvalue weighted by atomic mass is 16.6. The minimum Gasteiger partial charge on any atom is -0.486 e. The molecule has 118 valence electrons. The molecule has 0 atom stereocenters. The number of rotatable bonds is 6. The molecule has 4 nitrogen and oxygen atoms in total. The van der Waals surface area contributed by atoms with Gasteiger partial charge in [-0.05, 0) is 23.8 Å². The van der Waals surface area contributed by atoms with Gasteiger partial charge in [0.2, 0.25) is 0 Å². The lowest BCUT2D eigenvalue weighted by molar-refractivity contribution is 0.171. The van der Waals surface area contributed by atoms with Crippen LogP contribution in [0.5, 0.6) is 17.2 Å². The van der Waals surface area contributed by atoms with Crippen LogP contribution in [0.1, 0.15) is 11.1 Å². The number of hydrogen-bond acceptors (Lipinski definition) is 4. The largest absolute Gasteiger partial charge is 0.486 e. The minimum absolute atomic E-state index is 0.277. The molecule has 1 aliphatic heterocycles. The summed E-state index contributed by atoms with van der Waals surface area (Å²) >= 11 is 0. The van der Waals surface area contributed by atoms with Gasteiger partial charge in [0.15, 0.2) is 11.5 Å². The van der Waals surface area contributed by atoms with Gasteiger partial charge >= 0.3 is 0 Å². The number of nitrogens with one attached hydrogen (secondary N) is 1. The first-order chi connectivity index (χ1) is 11.4. The van der Waals surface area contributed by atoms with Gasteiger partial charge in [-0.15, -0.1) is 6.42 Å². The van der Waals surface area contributed by atoms with Crippen molar-refractivity contribution in [1.82, 2.24) is 5.32 Å². The van der Waals surface area contributed by atoms with Crippen LogP contribution in [-0.2, 0) is 13.1 Å². The maximum absolute atomic E-state index is 5.60. The summed E-state index contributed by atoms with van der Waals surface area (Å²) in [7, 11) is 0. The number of terminal acetylenes is 1. The smallest absolute Gasteiger partial charge is 0.161 e. The lowest BCUT2D eigenvalue weighted by atomic mass is 10.1. The van der Waals surface area contributed by atoms with Crippen LogP contribution in [0, 0.1) is 12.3 Å². The molecule has 0 saturated carbocycles. The monoisotopic (exact) mass is 309 g/mol. The van der Waals surface area contributed by atoms with E-state index in [-0.39, 0.29) is 6.61 Å². The van der Waals surface area contributed by atoms with Gasteiger partial charge in [0.05, 0.1) is 0 Å². The molecule has 0 spiro atoms. The number of fused-ring (bicyclic) bond motifs is 1. The van der Waals surface area contributed by atoms with Gasteiger partial charge in [0.1, 0.15) is 25.6 Å². The minimum atomic E-state index is 0.277. The third-order valence-corrected chi connectivity index (χ3v) is 3.53. The molecule has 0 fully saturated rings. The van der Waals surface area contributed by atoms with Gasteiger partial charge in [-0.3, -0.25) is 0 Å². The molecular weight excluding hydrogens is 290 g/mol. The number of hydrogen-bond donors (Lipinski definition) is 1. The average molecular weight is 309 g/mol. The number of benzene rings is 2. The molecular formula is C19H19NO3. The van der Waals surface area contributed by atoms with Crippen molar-refractivity contribution in [1.29, 1.82) is 0 Å². The zero-order valence-electron chi connectivity index (χ0n) is 12.9. The van der Waals surface area contributed by atoms with Crippen LogP contribution in [0.2, 0.25) is 0 Å². The SMILES string of the molecule is C#CCOc1ccccc1CNCc1ccc2c(c1)OCCO2. The van der Waals surface area contributed by atoms with Crippen molar-refractivity contribution in [2.45, 2.75) is 13.1 Å². The molecule has 0 bridgehead atoms. The Hall–Kier alpha value is -2.64. The van der Waals surface area contributed by atoms with Crippen molar-refractivity contribution in [3.63, 3.8) is 0 Å². The highest BCUT2D eigenvalue weighted by molar-refractivity contribution is 5.43. The van der Waals surface area contributed by atoms with Crippen molar-refractivity contribution in [2.24, 2.45) is 0 Å². The number of para-hydroxylation sites is 1. The maximum Gasteiger partial charge on any atom is 0.161 e. The lowest BCUT2D eigenvalue weighted by Crippen LogP contribution is -2.17. The van der Waals surface area contributed by atoms with Crippen LogP contribution < -0.4 is 19.5 Å². The third kappa shape index (κ3) is 3.97. The van der Waals surface area contributed by atoms with E-state index in [1.54, 1.807) is 0 Å². The van der Waals surface area contributed by atoms with E-state index in [1.807, 2.05) is 42.5 Å². The Morgan fingerprint density at radius 1 is 1.04 bits per heavy atom. The summed E-state index contributed by atoms with van der Waals surface area (Å²) in [5, 5.41) is 3.41. The molecule has 2 aromatic rings. The van der Waals surface area contributed by atoms with E-state index >= 15 is 0 Å². The van der Waals surface area contributed by atoms with Crippen LogP contribution in [-0.4, -0.2) is 19.8 Å². The number of ether oxygens (including phenoxy) is 3. The van der Waals surface area contributed by atoms with Gasteiger partial charge < -0.3 is 19.5 Å². The Kier molecular flexibility index (Phi) is 5.02. The highest BCUT2D eigenvalue weighted by Crippen LogP contribution is 2.30. The summed E-state index contributed by atoms with van der Waals surface area (Å²) in [5.41, 5.74) is 2.23. The summed E-state index contributed by atoms with van der Waals surface area (Å²) in [6.45, 7) is 2.93. The normalized spacial score (nSPS) is 12.5. The van der Waals surface area contributed by atoms with Crippen LogP contribution in [0.15, 0.2) is 42.5 Å². The highest BCUT2D eigenvalue weighted by Gasteiger charge is 2.11. The summed E-state index contributed by atoms with van der Waals surface area (Å²) in [6, 6.07) is 13.9. The molecule has 2 aromatic carbocycles. The zero-order valence-corrected chi connectivity index (χ0v) is 12.9. The Morgan fingerprint density at radius 3 is 2.74 bits per heavy atom. The molecule has 1 N–H and O–H groups in total. The molecule has 0 aromatic heterocycles. The van der Waals surface area contributed by atoms with Crippen LogP contribution in [0.25, 0.3) is 0 Å². The van der Waals surface area contributed by atoms with Gasteiger partial charge in [-0.2, -0.15) is 0 Å². The average Bonchev–Trinajstić information content (AvgIpc) is 2.61. The fraction of sp³-hybridized carbons (Fsp3) is 0.263. The van der Waals surface area contributed by atoms with Gasteiger partial charge in [-0.25, -0.2) is 0 Å². The molecule has 3 rings (SSSR count). The molecule has 0 amide bonds. The van der Waals surface area contributed by atoms with E-state index in [2.05, 4.69) is 11.2 Å². The Morgan fingerprint density at radius 2 is 1.87 bits per heavy atom. The van der Waals surface area contributed by atoms with Crippen molar-refractivity contribution in [2.75, 3.05) is 19.8 Å². The lowest BCUT2D eigenvalue weighted by Gasteiger charge is -2.19. The first kappa shape index (κ1) is 15.3. The van der Waals surface area contributed by atoms with E-state index in [0.717, 1.165) is 34.9 Å². The first-order valence-electron chi connectivity index (χ1n) is 7.60. The van der Waals surface area contributed by atoms with Crippen LogP contribution in [0.3, 0.4) is 0 Å². The fourth-order valence-corrected chi connectivity index (χ4v) is 2.45. The summed E-state index contributed by atoms with van der Waals surface area (Å²) in [5.74, 6) is 4.93. The molecule has 0 unspecified atom stereocenters. The van der Waals surface area contributed by atoms with E-state index in [0.29, 0.717) is 19.8 Å². The Balaban J connectivity index is 1.58. The summed E-state index contributed by atoms with van der Waals surface area (Å²) < 4.78 is 16.7. The second-order valence-corrected chi connectivity index (χ2v) is 5.18. The molecule has 1 aliphatic rings. The van der Waals surface area contributed by atoms with E-state index in [9.17, 15) is 0 Å². The fourth-order valence-electron chi connectivity index (χ4n) is 2.45. The van der Waals surface area contributed by atoms with Crippen molar-refractivity contribution >= 4 is 0 Å². The molecule has 0 radical (unpaired) electrons. The molecule has 0 saturated heterocycles. The molecule has 0 aliphatic carbocycles. The standard InChI is InChI=1S/C19H19NO3/c1-2-9-21-17-6-4-3-5-16(17)14-20-13-15-7-8-18-19(12-15)23-11-10-22-18/h1,3-8,12,20H,9-11,13-14H2. The quantitative estimate of drug-likeness (QED) is 0.833. The Bertz CT molecular complexity index is 706. The van der Waals surface area contributed by atoms with E-state index in [4.69, 9.17) is 20.6 Å². The van der Waals surface area contributed by atoms with E-state index < -0.39 is 0 Å². The predicted octanol–water partition coefficient (Wildman–Crippen LogP) is 2.76. The van der Waals surface area contributed by atoms with Gasteiger partial charge in [-0.1, -0.05) is 30.2 Å². The van der Waals surface area contributed by atoms with Crippen molar-refractivity contribution in [3.8, 4) is 29.6 Å². The van der Waals surface area contributed by atoms with Crippen LogP contribution >= 0.6 is 0 Å². The summed E-state index contributed by atoms with van der Waals surface area (Å²) in [6.07, 6.45) is 5.25. The topological polar surface area (TPSA) is 39.7 Å². The molecule has 1 heterocycles. The van der Waals surface area contributed by atoms with Gasteiger partial charge in [0, 0.05) is 18.7 Å². The maximum atomic E-state index is 5.60. The second-order valence-electron chi connectivity index (χ2n) is 5.18. The molecule has 23 heavy (non-hydrogen) atoms. The predicted molar refractivity (Wildman–Crippen MR) is 88.7 cm³/mol. The Labute approximate surface area is 136 Å². The molecule has 4 heteroatoms.